The highest BCUT2D eigenvalue weighted by atomic mass is 35.5. The smallest absolute Gasteiger partial charge is 0.238 e. The van der Waals surface area contributed by atoms with E-state index in [0.717, 1.165) is 56.4 Å². The lowest BCUT2D eigenvalue weighted by atomic mass is 9.92. The number of para-hydroxylation sites is 1. The summed E-state index contributed by atoms with van der Waals surface area (Å²) in [5.74, 6) is 0.497. The first-order chi connectivity index (χ1) is 16.2. The van der Waals surface area contributed by atoms with Crippen molar-refractivity contribution in [1.82, 2.24) is 9.88 Å². The number of piperazine rings is 1. The number of amides is 1. The molecule has 6 heteroatoms. The summed E-state index contributed by atoms with van der Waals surface area (Å²) in [4.78, 5) is 24.8. The zero-order chi connectivity index (χ0) is 22.4. The minimum absolute atomic E-state index is 0.234. The quantitative estimate of drug-likeness (QED) is 0.570. The number of benzene rings is 2. The van der Waals surface area contributed by atoms with Crippen molar-refractivity contribution in [3.05, 3.63) is 89.2 Å². The Morgan fingerprint density at radius 1 is 0.909 bits per heavy atom. The number of nitrogens with zero attached hydrogens (tertiary/aromatic N) is 4. The second-order valence-corrected chi connectivity index (χ2v) is 9.72. The molecule has 1 aromatic heterocycles. The molecule has 2 fully saturated rings. The molecule has 0 radical (unpaired) electrons. The minimum Gasteiger partial charge on any atom is -0.369 e. The molecule has 3 aliphatic rings. The number of fused-ring (bicyclic) bond motifs is 2. The molecule has 1 saturated carbocycles. The van der Waals surface area contributed by atoms with E-state index in [2.05, 4.69) is 57.2 Å². The number of carbonyl (C=O) groups is 1. The van der Waals surface area contributed by atoms with E-state index in [1.807, 2.05) is 35.5 Å². The van der Waals surface area contributed by atoms with Gasteiger partial charge in [0, 0.05) is 74.0 Å². The Hall–Kier alpha value is -2.89. The molecular weight excluding hydrogens is 432 g/mol. The van der Waals surface area contributed by atoms with Crippen LogP contribution >= 0.6 is 11.6 Å². The minimum atomic E-state index is -0.398. The van der Waals surface area contributed by atoms with Crippen LogP contribution in [-0.4, -0.2) is 55.1 Å². The topological polar surface area (TPSA) is 39.7 Å². The lowest BCUT2D eigenvalue weighted by Crippen LogP contribution is -2.49. The fourth-order valence-corrected chi connectivity index (χ4v) is 5.82. The van der Waals surface area contributed by atoms with Crippen LogP contribution in [0, 0.1) is 0 Å². The van der Waals surface area contributed by atoms with Gasteiger partial charge >= 0.3 is 0 Å². The van der Waals surface area contributed by atoms with Crippen molar-refractivity contribution in [1.29, 1.82) is 0 Å². The van der Waals surface area contributed by atoms with E-state index in [1.165, 1.54) is 16.8 Å². The molecule has 1 aliphatic carbocycles. The Bertz CT molecular complexity index is 1160. The molecule has 1 amide bonds. The predicted molar refractivity (Wildman–Crippen MR) is 132 cm³/mol. The molecule has 1 saturated heterocycles. The number of rotatable bonds is 5. The van der Waals surface area contributed by atoms with Crippen LogP contribution in [0.5, 0.6) is 0 Å². The maximum atomic E-state index is 13.8. The zero-order valence-corrected chi connectivity index (χ0v) is 19.3. The summed E-state index contributed by atoms with van der Waals surface area (Å²) in [5.41, 5.74) is 4.32. The maximum absolute atomic E-state index is 13.8. The summed E-state index contributed by atoms with van der Waals surface area (Å²) in [6.07, 6.45) is 4.58. The Kier molecular flexibility index (Phi) is 5.11. The van der Waals surface area contributed by atoms with Crippen LogP contribution < -0.4 is 9.80 Å². The monoisotopic (exact) mass is 458 g/mol. The fourth-order valence-electron chi connectivity index (χ4n) is 5.69. The number of pyridine rings is 1. The normalized spacial score (nSPS) is 24.4. The second-order valence-electron chi connectivity index (χ2n) is 9.29. The van der Waals surface area contributed by atoms with Crippen LogP contribution in [0.25, 0.3) is 0 Å². The van der Waals surface area contributed by atoms with Gasteiger partial charge in [-0.2, -0.15) is 0 Å². The summed E-state index contributed by atoms with van der Waals surface area (Å²) < 4.78 is 0. The molecule has 0 bridgehead atoms. The molecule has 6 rings (SSSR count). The van der Waals surface area contributed by atoms with E-state index in [9.17, 15) is 4.79 Å². The standard InChI is InChI=1S/C27H27ClN4O/c28-21-7-5-20(6-8-21)24-19-27(24)23-3-1-2-4-25(23)32(26(27)33)18-15-30-13-16-31(17-14-30)22-9-11-29-12-10-22/h1-12,24H,13-19H2/t24-,27-/m1/s1. The lowest BCUT2D eigenvalue weighted by Gasteiger charge is -2.36. The molecule has 168 valence electrons. The molecule has 0 unspecified atom stereocenters. The summed E-state index contributed by atoms with van der Waals surface area (Å²) in [7, 11) is 0. The van der Waals surface area contributed by atoms with Gasteiger partial charge in [-0.15, -0.1) is 0 Å². The Morgan fingerprint density at radius 3 is 2.39 bits per heavy atom. The van der Waals surface area contributed by atoms with Gasteiger partial charge in [0.05, 0.1) is 5.41 Å². The molecule has 3 aromatic rings. The molecule has 5 nitrogen and oxygen atoms in total. The summed E-state index contributed by atoms with van der Waals surface area (Å²) in [5, 5.41) is 0.734. The van der Waals surface area contributed by atoms with Crippen molar-refractivity contribution < 1.29 is 4.79 Å². The lowest BCUT2D eigenvalue weighted by molar-refractivity contribution is -0.120. The first kappa shape index (κ1) is 20.7. The molecule has 1 spiro atoms. The third kappa shape index (κ3) is 3.51. The van der Waals surface area contributed by atoms with Crippen LogP contribution in [0.1, 0.15) is 23.5 Å². The van der Waals surface area contributed by atoms with Crippen molar-refractivity contribution in [2.24, 2.45) is 0 Å². The van der Waals surface area contributed by atoms with Gasteiger partial charge in [-0.1, -0.05) is 41.9 Å². The van der Waals surface area contributed by atoms with E-state index in [0.29, 0.717) is 0 Å². The van der Waals surface area contributed by atoms with E-state index in [1.54, 1.807) is 0 Å². The number of anilines is 2. The average Bonchev–Trinajstić information content (AvgIpc) is 3.57. The highest BCUT2D eigenvalue weighted by Gasteiger charge is 2.66. The summed E-state index contributed by atoms with van der Waals surface area (Å²) >= 11 is 6.09. The van der Waals surface area contributed by atoms with Gasteiger partial charge in [0.15, 0.2) is 0 Å². The molecule has 33 heavy (non-hydrogen) atoms. The first-order valence-corrected chi connectivity index (χ1v) is 12.1. The van der Waals surface area contributed by atoms with Gasteiger partial charge in [-0.25, -0.2) is 0 Å². The molecule has 2 atom stereocenters. The number of aromatic nitrogens is 1. The van der Waals surface area contributed by atoms with Gasteiger partial charge in [-0.05, 0) is 47.9 Å². The van der Waals surface area contributed by atoms with E-state index < -0.39 is 5.41 Å². The van der Waals surface area contributed by atoms with Crippen molar-refractivity contribution in [2.45, 2.75) is 17.8 Å². The highest BCUT2D eigenvalue weighted by molar-refractivity contribution is 6.30. The van der Waals surface area contributed by atoms with Crippen molar-refractivity contribution >= 4 is 28.9 Å². The zero-order valence-electron chi connectivity index (χ0n) is 18.5. The predicted octanol–water partition coefficient (Wildman–Crippen LogP) is 4.33. The third-order valence-electron chi connectivity index (χ3n) is 7.58. The number of halogens is 1. The largest absolute Gasteiger partial charge is 0.369 e. The first-order valence-electron chi connectivity index (χ1n) is 11.7. The Morgan fingerprint density at radius 2 is 1.64 bits per heavy atom. The van der Waals surface area contributed by atoms with Gasteiger partial charge in [0.1, 0.15) is 0 Å². The second kappa shape index (κ2) is 8.15. The van der Waals surface area contributed by atoms with Gasteiger partial charge in [0.25, 0.3) is 0 Å². The Labute approximate surface area is 199 Å². The van der Waals surface area contributed by atoms with Gasteiger partial charge in [-0.3, -0.25) is 14.7 Å². The summed E-state index contributed by atoms with van der Waals surface area (Å²) in [6.45, 7) is 5.63. The molecule has 0 N–H and O–H groups in total. The molecule has 2 aliphatic heterocycles. The number of hydrogen-bond donors (Lipinski definition) is 0. The van der Waals surface area contributed by atoms with Crippen LogP contribution in [0.2, 0.25) is 5.02 Å². The van der Waals surface area contributed by atoms with Crippen LogP contribution in [0.15, 0.2) is 73.1 Å². The van der Waals surface area contributed by atoms with E-state index >= 15 is 0 Å². The van der Waals surface area contributed by atoms with Crippen molar-refractivity contribution in [3.63, 3.8) is 0 Å². The fraction of sp³-hybridized carbons (Fsp3) is 0.333. The van der Waals surface area contributed by atoms with Crippen LogP contribution in [-0.2, 0) is 10.2 Å². The molecule has 3 heterocycles. The molecular formula is C27H27ClN4O. The van der Waals surface area contributed by atoms with Crippen LogP contribution in [0.4, 0.5) is 11.4 Å². The highest BCUT2D eigenvalue weighted by Crippen LogP contribution is 2.66. The molecule has 2 aromatic carbocycles. The maximum Gasteiger partial charge on any atom is 0.238 e. The summed E-state index contributed by atoms with van der Waals surface area (Å²) in [6, 6.07) is 20.5. The van der Waals surface area contributed by atoms with Gasteiger partial charge < -0.3 is 9.80 Å². The van der Waals surface area contributed by atoms with E-state index in [-0.39, 0.29) is 11.8 Å². The number of hydrogen-bond acceptors (Lipinski definition) is 4. The Balaban J connectivity index is 1.15. The van der Waals surface area contributed by atoms with E-state index in [4.69, 9.17) is 11.6 Å². The SMILES string of the molecule is O=C1N(CCN2CCN(c3ccncc3)CC2)c2ccccc2[C@@]12C[C@@H]2c1ccc(Cl)cc1. The number of carbonyl (C=O) groups excluding carboxylic acids is 1. The van der Waals surface area contributed by atoms with Crippen molar-refractivity contribution in [3.8, 4) is 0 Å². The van der Waals surface area contributed by atoms with Crippen molar-refractivity contribution in [2.75, 3.05) is 49.1 Å². The average molecular weight is 459 g/mol. The van der Waals surface area contributed by atoms with Gasteiger partial charge in [0.2, 0.25) is 5.91 Å². The van der Waals surface area contributed by atoms with Crippen LogP contribution in [0.3, 0.4) is 0 Å². The third-order valence-corrected chi connectivity index (χ3v) is 7.83.